The third-order valence-electron chi connectivity index (χ3n) is 4.22. The summed E-state index contributed by atoms with van der Waals surface area (Å²) in [5.41, 5.74) is 5.64. The van der Waals surface area contributed by atoms with Crippen LogP contribution < -0.4 is 10.5 Å². The van der Waals surface area contributed by atoms with Crippen molar-refractivity contribution in [2.75, 3.05) is 13.1 Å². The summed E-state index contributed by atoms with van der Waals surface area (Å²) in [6.07, 6.45) is 6.36. The van der Waals surface area contributed by atoms with E-state index in [1.54, 1.807) is 0 Å². The van der Waals surface area contributed by atoms with E-state index in [1.807, 2.05) is 0 Å². The fraction of sp³-hybridized carbons (Fsp3) is 0.917. The Morgan fingerprint density at radius 1 is 1.15 bits per heavy atom. The fourth-order valence-electron chi connectivity index (χ4n) is 3.08. The predicted molar refractivity (Wildman–Crippen MR) is 76.6 cm³/mol. The van der Waals surface area contributed by atoms with E-state index in [0.29, 0.717) is 13.1 Å². The molecule has 2 fully saturated rings. The molecule has 0 aromatic rings. The van der Waals surface area contributed by atoms with Crippen molar-refractivity contribution in [3.8, 4) is 0 Å². The van der Waals surface area contributed by atoms with Crippen LogP contribution in [-0.4, -0.2) is 42.9 Å². The number of hydrogen-bond acceptors (Lipinski definition) is 4. The third kappa shape index (κ3) is 3.62. The van der Waals surface area contributed by atoms with Gasteiger partial charge in [-0.15, -0.1) is 0 Å². The Kier molecular flexibility index (Phi) is 5.22. The molecule has 0 amide bonds. The normalized spacial score (nSPS) is 30.3. The summed E-state index contributed by atoms with van der Waals surface area (Å²) in [4.78, 5) is 0. The van der Waals surface area contributed by atoms with E-state index < -0.39 is 10.2 Å². The number of nitrogens with one attached hydrogen (secondary N) is 1. The maximum absolute atomic E-state index is 12.4. The molecular formula is C12H24N4O3S. The number of nitrogens with zero attached hydrogens (tertiary/aromatic N) is 2. The molecule has 1 aliphatic heterocycles. The van der Waals surface area contributed by atoms with Crippen LogP contribution in [0, 0.1) is 5.92 Å². The molecule has 7 nitrogen and oxygen atoms in total. The van der Waals surface area contributed by atoms with Gasteiger partial charge in [-0.25, -0.2) is 0 Å². The first-order valence-electron chi connectivity index (χ1n) is 7.29. The molecule has 1 saturated heterocycles. The van der Waals surface area contributed by atoms with Gasteiger partial charge in [0.2, 0.25) is 0 Å². The molecule has 0 radical (unpaired) electrons. The molecule has 1 saturated carbocycles. The zero-order valence-corrected chi connectivity index (χ0v) is 12.5. The van der Waals surface area contributed by atoms with Crippen LogP contribution in [0.15, 0.2) is 5.16 Å². The monoisotopic (exact) mass is 304 g/mol. The predicted octanol–water partition coefficient (Wildman–Crippen LogP) is 0.612. The van der Waals surface area contributed by atoms with Crippen molar-refractivity contribution in [2.24, 2.45) is 16.8 Å². The highest BCUT2D eigenvalue weighted by atomic mass is 32.2. The number of oxime groups is 1. The summed E-state index contributed by atoms with van der Waals surface area (Å²) < 4.78 is 29.1. The van der Waals surface area contributed by atoms with Gasteiger partial charge in [-0.3, -0.25) is 0 Å². The zero-order valence-electron chi connectivity index (χ0n) is 11.7. The van der Waals surface area contributed by atoms with E-state index in [4.69, 9.17) is 10.9 Å². The van der Waals surface area contributed by atoms with Gasteiger partial charge in [0.15, 0.2) is 0 Å². The SMILES string of the molecule is NC(=NO)C1CCCC1NS(=O)(=O)N1CCCCCC1. The summed E-state index contributed by atoms with van der Waals surface area (Å²) in [6, 6.07) is -0.265. The Hall–Kier alpha value is -0.860. The second-order valence-corrected chi connectivity index (χ2v) is 7.31. The molecule has 8 heteroatoms. The molecule has 116 valence electrons. The smallest absolute Gasteiger partial charge is 0.279 e. The van der Waals surface area contributed by atoms with Gasteiger partial charge in [-0.2, -0.15) is 17.4 Å². The standard InChI is InChI=1S/C12H24N4O3S/c13-12(14-17)10-6-5-7-11(10)15-20(18,19)16-8-3-1-2-4-9-16/h10-11,15,17H,1-9H2,(H2,13,14). The van der Waals surface area contributed by atoms with Gasteiger partial charge in [0, 0.05) is 25.0 Å². The molecule has 0 bridgehead atoms. The van der Waals surface area contributed by atoms with Gasteiger partial charge in [0.1, 0.15) is 5.84 Å². The summed E-state index contributed by atoms with van der Waals surface area (Å²) in [5, 5.41) is 11.8. The molecule has 20 heavy (non-hydrogen) atoms. The highest BCUT2D eigenvalue weighted by Crippen LogP contribution is 2.27. The molecule has 1 aliphatic carbocycles. The Bertz CT molecular complexity index is 444. The number of hydrogen-bond donors (Lipinski definition) is 3. The molecule has 4 N–H and O–H groups in total. The topological polar surface area (TPSA) is 108 Å². The van der Waals surface area contributed by atoms with Crippen LogP contribution in [-0.2, 0) is 10.2 Å². The van der Waals surface area contributed by atoms with Crippen molar-refractivity contribution in [1.29, 1.82) is 0 Å². The second kappa shape index (κ2) is 6.73. The molecule has 2 aliphatic rings. The quantitative estimate of drug-likeness (QED) is 0.306. The van der Waals surface area contributed by atoms with Crippen molar-refractivity contribution in [2.45, 2.75) is 51.0 Å². The summed E-state index contributed by atoms with van der Waals surface area (Å²) in [5.74, 6) is -0.0900. The lowest BCUT2D eigenvalue weighted by atomic mass is 10.0. The molecule has 2 rings (SSSR count). The van der Waals surface area contributed by atoms with E-state index in [-0.39, 0.29) is 17.8 Å². The first-order chi connectivity index (χ1) is 9.54. The van der Waals surface area contributed by atoms with Gasteiger partial charge < -0.3 is 10.9 Å². The Morgan fingerprint density at radius 2 is 1.80 bits per heavy atom. The molecule has 0 spiro atoms. The maximum atomic E-state index is 12.4. The third-order valence-corrected chi connectivity index (χ3v) is 5.86. The van der Waals surface area contributed by atoms with Crippen LogP contribution >= 0.6 is 0 Å². The Labute approximate surface area is 120 Å². The minimum Gasteiger partial charge on any atom is -0.409 e. The average Bonchev–Trinajstić information content (AvgIpc) is 2.69. The number of rotatable bonds is 4. The lowest BCUT2D eigenvalue weighted by molar-refractivity contribution is 0.312. The van der Waals surface area contributed by atoms with Crippen molar-refractivity contribution < 1.29 is 13.6 Å². The average molecular weight is 304 g/mol. The van der Waals surface area contributed by atoms with Crippen molar-refractivity contribution in [1.82, 2.24) is 9.03 Å². The largest absolute Gasteiger partial charge is 0.409 e. The van der Waals surface area contributed by atoms with Crippen LogP contribution in [0.25, 0.3) is 0 Å². The van der Waals surface area contributed by atoms with E-state index in [9.17, 15) is 8.42 Å². The fourth-order valence-corrected chi connectivity index (χ4v) is 4.63. The van der Waals surface area contributed by atoms with E-state index in [1.165, 1.54) is 4.31 Å². The zero-order chi connectivity index (χ0) is 14.6. The Morgan fingerprint density at radius 3 is 2.40 bits per heavy atom. The van der Waals surface area contributed by atoms with Crippen LogP contribution in [0.5, 0.6) is 0 Å². The lowest BCUT2D eigenvalue weighted by Crippen LogP contribution is -2.49. The van der Waals surface area contributed by atoms with Gasteiger partial charge in [-0.05, 0) is 25.7 Å². The van der Waals surface area contributed by atoms with Crippen LogP contribution in [0.3, 0.4) is 0 Å². The Balaban J connectivity index is 2.03. The highest BCUT2D eigenvalue weighted by Gasteiger charge is 2.35. The molecular weight excluding hydrogens is 280 g/mol. The van der Waals surface area contributed by atoms with Crippen LogP contribution in [0.2, 0.25) is 0 Å². The first-order valence-corrected chi connectivity index (χ1v) is 8.73. The van der Waals surface area contributed by atoms with E-state index in [0.717, 1.165) is 44.9 Å². The maximum Gasteiger partial charge on any atom is 0.279 e. The van der Waals surface area contributed by atoms with Gasteiger partial charge in [0.25, 0.3) is 10.2 Å². The summed E-state index contributed by atoms with van der Waals surface area (Å²) >= 11 is 0. The second-order valence-electron chi connectivity index (χ2n) is 5.60. The number of amidine groups is 1. The highest BCUT2D eigenvalue weighted by molar-refractivity contribution is 7.87. The molecule has 1 heterocycles. The molecule has 0 aromatic carbocycles. The van der Waals surface area contributed by atoms with Gasteiger partial charge in [0.05, 0.1) is 0 Å². The minimum absolute atomic E-state index is 0.117. The molecule has 2 unspecified atom stereocenters. The minimum atomic E-state index is -3.47. The van der Waals surface area contributed by atoms with Crippen molar-refractivity contribution in [3.63, 3.8) is 0 Å². The first kappa shape index (κ1) is 15.5. The van der Waals surface area contributed by atoms with Gasteiger partial charge >= 0.3 is 0 Å². The van der Waals surface area contributed by atoms with Crippen LogP contribution in [0.1, 0.15) is 44.9 Å². The summed E-state index contributed by atoms with van der Waals surface area (Å²) in [7, 11) is -3.47. The van der Waals surface area contributed by atoms with Gasteiger partial charge in [-0.1, -0.05) is 24.4 Å². The van der Waals surface area contributed by atoms with Crippen molar-refractivity contribution >= 4 is 16.0 Å². The lowest BCUT2D eigenvalue weighted by Gasteiger charge is -2.25. The summed E-state index contributed by atoms with van der Waals surface area (Å²) in [6.45, 7) is 1.16. The number of nitrogens with two attached hydrogens (primary N) is 1. The van der Waals surface area contributed by atoms with Crippen LogP contribution in [0.4, 0.5) is 0 Å². The van der Waals surface area contributed by atoms with E-state index >= 15 is 0 Å². The van der Waals surface area contributed by atoms with Crippen molar-refractivity contribution in [3.05, 3.63) is 0 Å². The molecule has 0 aromatic heterocycles. The van der Waals surface area contributed by atoms with E-state index in [2.05, 4.69) is 9.88 Å². The molecule has 2 atom stereocenters.